The highest BCUT2D eigenvalue weighted by molar-refractivity contribution is 9.10. The number of benzene rings is 1. The third-order valence-electron chi connectivity index (χ3n) is 3.72. The standard InChI is InChI=1S/C15H19BrF3N/c16-13-5-3-12-10-14(6-4-11(12)9-13)20-8-2-1-7-15(17,18)19/h3,5,9,14,20H,1-2,4,6-8,10H2. The van der Waals surface area contributed by atoms with Crippen molar-refractivity contribution in [3.8, 4) is 0 Å². The second-order valence-corrected chi connectivity index (χ2v) is 6.29. The van der Waals surface area contributed by atoms with Crippen LogP contribution in [0.3, 0.4) is 0 Å². The highest BCUT2D eigenvalue weighted by Gasteiger charge is 2.26. The second-order valence-electron chi connectivity index (χ2n) is 5.38. The van der Waals surface area contributed by atoms with E-state index in [0.29, 0.717) is 19.0 Å². The second kappa shape index (κ2) is 6.94. The molecule has 1 N–H and O–H groups in total. The molecule has 0 bridgehead atoms. The van der Waals surface area contributed by atoms with Gasteiger partial charge in [0.25, 0.3) is 0 Å². The molecule has 1 nitrogen and oxygen atoms in total. The summed E-state index contributed by atoms with van der Waals surface area (Å²) in [5.74, 6) is 0. The summed E-state index contributed by atoms with van der Waals surface area (Å²) >= 11 is 3.47. The molecule has 20 heavy (non-hydrogen) atoms. The van der Waals surface area contributed by atoms with Crippen molar-refractivity contribution in [2.45, 2.75) is 50.7 Å². The zero-order chi connectivity index (χ0) is 14.6. The van der Waals surface area contributed by atoms with Crippen LogP contribution in [0.2, 0.25) is 0 Å². The Morgan fingerprint density at radius 1 is 1.20 bits per heavy atom. The molecule has 0 saturated carbocycles. The fraction of sp³-hybridized carbons (Fsp3) is 0.600. The Kier molecular flexibility index (Phi) is 5.49. The van der Waals surface area contributed by atoms with Crippen LogP contribution in [-0.2, 0) is 12.8 Å². The van der Waals surface area contributed by atoms with E-state index in [1.165, 1.54) is 11.1 Å². The molecule has 0 spiro atoms. The number of alkyl halides is 3. The van der Waals surface area contributed by atoms with Crippen LogP contribution in [0.25, 0.3) is 0 Å². The van der Waals surface area contributed by atoms with Gasteiger partial charge in [-0.25, -0.2) is 0 Å². The van der Waals surface area contributed by atoms with Gasteiger partial charge in [0, 0.05) is 16.9 Å². The number of unbranched alkanes of at least 4 members (excludes halogenated alkanes) is 1. The van der Waals surface area contributed by atoms with Crippen molar-refractivity contribution in [3.05, 3.63) is 33.8 Å². The third-order valence-corrected chi connectivity index (χ3v) is 4.21. The molecule has 0 heterocycles. The molecule has 0 aliphatic heterocycles. The summed E-state index contributed by atoms with van der Waals surface area (Å²) in [7, 11) is 0. The van der Waals surface area contributed by atoms with E-state index in [4.69, 9.17) is 0 Å². The molecule has 0 saturated heterocycles. The summed E-state index contributed by atoms with van der Waals surface area (Å²) in [6.45, 7) is 0.673. The predicted molar refractivity (Wildman–Crippen MR) is 77.9 cm³/mol. The molecule has 0 fully saturated rings. The number of aryl methyl sites for hydroxylation is 1. The lowest BCUT2D eigenvalue weighted by Crippen LogP contribution is -2.35. The average Bonchev–Trinajstić information content (AvgIpc) is 2.37. The Balaban J connectivity index is 1.70. The Hall–Kier alpha value is -0.550. The topological polar surface area (TPSA) is 12.0 Å². The van der Waals surface area contributed by atoms with Crippen LogP contribution in [0.1, 0.15) is 36.8 Å². The van der Waals surface area contributed by atoms with Gasteiger partial charge < -0.3 is 5.32 Å². The van der Waals surface area contributed by atoms with Crippen LogP contribution in [0, 0.1) is 0 Å². The van der Waals surface area contributed by atoms with Crippen molar-refractivity contribution >= 4 is 15.9 Å². The zero-order valence-corrected chi connectivity index (χ0v) is 12.9. The first-order valence-electron chi connectivity index (χ1n) is 7.01. The van der Waals surface area contributed by atoms with Gasteiger partial charge in [0.15, 0.2) is 0 Å². The fourth-order valence-corrected chi connectivity index (χ4v) is 3.06. The lowest BCUT2D eigenvalue weighted by atomic mass is 9.88. The van der Waals surface area contributed by atoms with Crippen LogP contribution >= 0.6 is 15.9 Å². The van der Waals surface area contributed by atoms with Crippen LogP contribution in [0.15, 0.2) is 22.7 Å². The molecular formula is C15H19BrF3N. The Labute approximate surface area is 126 Å². The van der Waals surface area contributed by atoms with E-state index in [1.54, 1.807) is 0 Å². The van der Waals surface area contributed by atoms with Crippen LogP contribution in [0.4, 0.5) is 13.2 Å². The highest BCUT2D eigenvalue weighted by Crippen LogP contribution is 2.25. The zero-order valence-electron chi connectivity index (χ0n) is 11.3. The number of nitrogens with one attached hydrogen (secondary N) is 1. The lowest BCUT2D eigenvalue weighted by Gasteiger charge is -2.26. The molecule has 1 atom stereocenters. The summed E-state index contributed by atoms with van der Waals surface area (Å²) in [6.07, 6.45) is -0.817. The van der Waals surface area contributed by atoms with E-state index >= 15 is 0 Å². The largest absolute Gasteiger partial charge is 0.389 e. The van der Waals surface area contributed by atoms with E-state index in [2.05, 4.69) is 33.4 Å². The predicted octanol–water partition coefficient (Wildman–Crippen LogP) is 4.63. The van der Waals surface area contributed by atoms with Gasteiger partial charge in [-0.2, -0.15) is 13.2 Å². The SMILES string of the molecule is FC(F)(F)CCCCNC1CCc2cc(Br)ccc2C1. The quantitative estimate of drug-likeness (QED) is 0.764. The monoisotopic (exact) mass is 349 g/mol. The van der Waals surface area contributed by atoms with Crippen molar-refractivity contribution in [3.63, 3.8) is 0 Å². The minimum absolute atomic E-state index is 0.215. The molecule has 0 radical (unpaired) electrons. The fourth-order valence-electron chi connectivity index (χ4n) is 2.65. The summed E-state index contributed by atoms with van der Waals surface area (Å²) < 4.78 is 37.1. The number of rotatable bonds is 5. The van der Waals surface area contributed by atoms with E-state index in [1.807, 2.05) is 6.07 Å². The Bertz CT molecular complexity index is 445. The first kappa shape index (κ1) is 15.8. The molecule has 1 aliphatic rings. The molecule has 1 aliphatic carbocycles. The van der Waals surface area contributed by atoms with Crippen LogP contribution in [-0.4, -0.2) is 18.8 Å². The van der Waals surface area contributed by atoms with Crippen molar-refractivity contribution in [1.29, 1.82) is 0 Å². The highest BCUT2D eigenvalue weighted by atomic mass is 79.9. The molecule has 1 aromatic rings. The van der Waals surface area contributed by atoms with E-state index in [9.17, 15) is 13.2 Å². The van der Waals surface area contributed by atoms with E-state index < -0.39 is 12.6 Å². The summed E-state index contributed by atoms with van der Waals surface area (Å²) in [5, 5.41) is 3.38. The molecule has 1 unspecified atom stereocenters. The van der Waals surface area contributed by atoms with Gasteiger partial charge in [0.1, 0.15) is 0 Å². The first-order valence-corrected chi connectivity index (χ1v) is 7.81. The minimum atomic E-state index is -4.02. The van der Waals surface area contributed by atoms with Gasteiger partial charge in [-0.15, -0.1) is 0 Å². The maximum atomic E-state index is 12.0. The van der Waals surface area contributed by atoms with Crippen molar-refractivity contribution < 1.29 is 13.2 Å². The van der Waals surface area contributed by atoms with Gasteiger partial charge in [0.2, 0.25) is 0 Å². The molecule has 0 amide bonds. The summed E-state index contributed by atoms with van der Waals surface area (Å²) in [6, 6.07) is 6.74. The molecular weight excluding hydrogens is 331 g/mol. The summed E-state index contributed by atoms with van der Waals surface area (Å²) in [4.78, 5) is 0. The molecule has 2 rings (SSSR count). The number of halogens is 4. The maximum Gasteiger partial charge on any atom is 0.389 e. The Morgan fingerprint density at radius 2 is 2.00 bits per heavy atom. The van der Waals surface area contributed by atoms with Gasteiger partial charge in [-0.05, 0) is 61.9 Å². The van der Waals surface area contributed by atoms with Gasteiger partial charge in [-0.3, -0.25) is 0 Å². The number of hydrogen-bond donors (Lipinski definition) is 1. The van der Waals surface area contributed by atoms with Crippen molar-refractivity contribution in [1.82, 2.24) is 5.32 Å². The molecule has 0 aromatic heterocycles. The molecule has 112 valence electrons. The average molecular weight is 350 g/mol. The number of fused-ring (bicyclic) bond motifs is 1. The maximum absolute atomic E-state index is 12.0. The number of hydrogen-bond acceptors (Lipinski definition) is 1. The molecule has 1 aromatic carbocycles. The van der Waals surface area contributed by atoms with Crippen molar-refractivity contribution in [2.24, 2.45) is 0 Å². The minimum Gasteiger partial charge on any atom is -0.314 e. The van der Waals surface area contributed by atoms with Crippen LogP contribution < -0.4 is 5.32 Å². The first-order chi connectivity index (χ1) is 9.44. The van der Waals surface area contributed by atoms with E-state index in [-0.39, 0.29) is 6.42 Å². The lowest BCUT2D eigenvalue weighted by molar-refractivity contribution is -0.135. The van der Waals surface area contributed by atoms with Gasteiger partial charge in [-0.1, -0.05) is 22.0 Å². The smallest absolute Gasteiger partial charge is 0.314 e. The Morgan fingerprint density at radius 3 is 2.75 bits per heavy atom. The molecule has 5 heteroatoms. The van der Waals surface area contributed by atoms with Gasteiger partial charge in [0.05, 0.1) is 0 Å². The van der Waals surface area contributed by atoms with E-state index in [0.717, 1.165) is 23.7 Å². The van der Waals surface area contributed by atoms with Crippen molar-refractivity contribution in [2.75, 3.05) is 6.54 Å². The third kappa shape index (κ3) is 5.09. The van der Waals surface area contributed by atoms with Gasteiger partial charge >= 0.3 is 6.18 Å². The normalized spacial score (nSPS) is 18.9. The van der Waals surface area contributed by atoms with Crippen LogP contribution in [0.5, 0.6) is 0 Å². The summed E-state index contributed by atoms with van der Waals surface area (Å²) in [5.41, 5.74) is 2.74.